The zero-order valence-corrected chi connectivity index (χ0v) is 10.0. The summed E-state index contributed by atoms with van der Waals surface area (Å²) in [5, 5.41) is 22.3. The molecule has 7 nitrogen and oxygen atoms in total. The van der Waals surface area contributed by atoms with E-state index in [9.17, 15) is 10.1 Å². The number of benzene rings is 1. The van der Waals surface area contributed by atoms with Crippen molar-refractivity contribution in [2.24, 2.45) is 0 Å². The first-order valence-electron chi connectivity index (χ1n) is 5.14. The smallest absolute Gasteiger partial charge is 0.314 e. The summed E-state index contributed by atoms with van der Waals surface area (Å²) in [7, 11) is 3.03. The Hall–Kier alpha value is -2.33. The zero-order chi connectivity index (χ0) is 13.5. The number of hydrogen-bond acceptors (Lipinski definition) is 6. The first-order chi connectivity index (χ1) is 8.62. The molecule has 0 aromatic heterocycles. The number of nitrogens with one attached hydrogen (secondary N) is 1. The average Bonchev–Trinajstić information content (AvgIpc) is 2.39. The minimum atomic E-state index is -0.557. The third-order valence-corrected chi connectivity index (χ3v) is 2.27. The topological polar surface area (TPSA) is 97.4 Å². The summed E-state index contributed by atoms with van der Waals surface area (Å²) in [6.07, 6.45) is 0. The molecule has 0 saturated heterocycles. The van der Waals surface area contributed by atoms with E-state index in [0.717, 1.165) is 0 Å². The molecule has 0 aliphatic rings. The maximum absolute atomic E-state index is 10.9. The van der Waals surface area contributed by atoms with Crippen LogP contribution < -0.4 is 14.8 Å². The Balaban J connectivity index is 2.88. The van der Waals surface area contributed by atoms with Crippen molar-refractivity contribution < 1.29 is 14.4 Å². The lowest BCUT2D eigenvalue weighted by atomic mass is 10.2. The minimum Gasteiger partial charge on any atom is -0.496 e. The molecule has 0 aliphatic carbocycles. The van der Waals surface area contributed by atoms with Crippen molar-refractivity contribution >= 4 is 5.69 Å². The van der Waals surface area contributed by atoms with Gasteiger partial charge in [-0.05, 0) is 19.2 Å². The van der Waals surface area contributed by atoms with Gasteiger partial charge in [-0.25, -0.2) is 0 Å². The van der Waals surface area contributed by atoms with E-state index >= 15 is 0 Å². The molecule has 96 valence electrons. The standard InChI is InChI=1S/C11H13N3O4/c1-13-8(6-12)7-18-11-4-3-9(17-2)5-10(11)14(15)16/h3-5,8,13H,7H2,1-2H3. The van der Waals surface area contributed by atoms with Crippen molar-refractivity contribution in [1.29, 1.82) is 5.26 Å². The van der Waals surface area contributed by atoms with E-state index in [0.29, 0.717) is 5.75 Å². The van der Waals surface area contributed by atoms with Crippen LogP contribution >= 0.6 is 0 Å². The highest BCUT2D eigenvalue weighted by atomic mass is 16.6. The highest BCUT2D eigenvalue weighted by molar-refractivity contribution is 5.50. The van der Waals surface area contributed by atoms with Gasteiger partial charge in [0.25, 0.3) is 0 Å². The number of methoxy groups -OCH3 is 1. The molecule has 0 spiro atoms. The molecule has 18 heavy (non-hydrogen) atoms. The summed E-state index contributed by atoms with van der Waals surface area (Å²) >= 11 is 0. The Kier molecular flexibility index (Phi) is 4.90. The van der Waals surface area contributed by atoms with Crippen molar-refractivity contribution in [3.63, 3.8) is 0 Å². The highest BCUT2D eigenvalue weighted by Crippen LogP contribution is 2.30. The van der Waals surface area contributed by atoms with E-state index in [4.69, 9.17) is 14.7 Å². The van der Waals surface area contributed by atoms with Gasteiger partial charge in [-0.2, -0.15) is 5.26 Å². The van der Waals surface area contributed by atoms with Gasteiger partial charge in [0.1, 0.15) is 18.4 Å². The second kappa shape index (κ2) is 6.42. The molecule has 0 amide bonds. The molecule has 1 atom stereocenters. The number of rotatable bonds is 6. The van der Waals surface area contributed by atoms with Crippen molar-refractivity contribution in [3.8, 4) is 17.6 Å². The number of ether oxygens (including phenoxy) is 2. The second-order valence-electron chi connectivity index (χ2n) is 3.37. The Bertz CT molecular complexity index is 470. The predicted molar refractivity (Wildman–Crippen MR) is 63.6 cm³/mol. The van der Waals surface area contributed by atoms with Crippen molar-refractivity contribution in [3.05, 3.63) is 28.3 Å². The van der Waals surface area contributed by atoms with E-state index in [1.165, 1.54) is 19.2 Å². The molecule has 7 heteroatoms. The number of nitro groups is 1. The SMILES string of the molecule is CNC(C#N)COc1ccc(OC)cc1[N+](=O)[O-]. The monoisotopic (exact) mass is 251 g/mol. The van der Waals surface area contributed by atoms with Gasteiger partial charge in [-0.3, -0.25) is 10.1 Å². The first-order valence-corrected chi connectivity index (χ1v) is 5.14. The number of hydrogen-bond donors (Lipinski definition) is 1. The average molecular weight is 251 g/mol. The molecular weight excluding hydrogens is 238 g/mol. The number of nitro benzene ring substituents is 1. The lowest BCUT2D eigenvalue weighted by molar-refractivity contribution is -0.385. The Morgan fingerprint density at radius 3 is 2.83 bits per heavy atom. The molecule has 0 radical (unpaired) electrons. The minimum absolute atomic E-state index is 0.0279. The first kappa shape index (κ1) is 13.7. The summed E-state index contributed by atoms with van der Waals surface area (Å²) in [6, 6.07) is 5.72. The third-order valence-electron chi connectivity index (χ3n) is 2.27. The molecule has 0 fully saturated rings. The van der Waals surface area contributed by atoms with Crippen LogP contribution in [0.2, 0.25) is 0 Å². The molecule has 0 bridgehead atoms. The van der Waals surface area contributed by atoms with Crippen LogP contribution in [0.25, 0.3) is 0 Å². The molecule has 1 aromatic carbocycles. The Labute approximate surface area is 104 Å². The van der Waals surface area contributed by atoms with Crippen molar-refractivity contribution in [1.82, 2.24) is 5.32 Å². The molecule has 1 N–H and O–H groups in total. The van der Waals surface area contributed by atoms with E-state index in [-0.39, 0.29) is 18.0 Å². The zero-order valence-electron chi connectivity index (χ0n) is 10.0. The fourth-order valence-corrected chi connectivity index (χ4v) is 1.25. The lowest BCUT2D eigenvalue weighted by Gasteiger charge is -2.10. The van der Waals surface area contributed by atoms with E-state index in [1.807, 2.05) is 6.07 Å². The quantitative estimate of drug-likeness (QED) is 0.600. The van der Waals surface area contributed by atoms with Gasteiger partial charge in [0.15, 0.2) is 5.75 Å². The largest absolute Gasteiger partial charge is 0.496 e. The van der Waals surface area contributed by atoms with Gasteiger partial charge in [0, 0.05) is 0 Å². The molecule has 0 heterocycles. The van der Waals surface area contributed by atoms with Gasteiger partial charge in [-0.1, -0.05) is 0 Å². The van der Waals surface area contributed by atoms with Crippen LogP contribution in [0.15, 0.2) is 18.2 Å². The third kappa shape index (κ3) is 3.33. The molecular formula is C11H13N3O4. The number of likely N-dealkylation sites (N-methyl/N-ethyl adjacent to an activating group) is 1. The van der Waals surface area contributed by atoms with E-state index in [2.05, 4.69) is 5.32 Å². The number of nitrogens with zero attached hydrogens (tertiary/aromatic N) is 2. The van der Waals surface area contributed by atoms with Gasteiger partial charge >= 0.3 is 5.69 Å². The van der Waals surface area contributed by atoms with Crippen molar-refractivity contribution in [2.45, 2.75) is 6.04 Å². The molecule has 0 saturated carbocycles. The van der Waals surface area contributed by atoms with E-state index in [1.54, 1.807) is 13.1 Å². The normalized spacial score (nSPS) is 11.4. The van der Waals surface area contributed by atoms with Gasteiger partial charge in [0.05, 0.1) is 24.2 Å². The summed E-state index contributed by atoms with van der Waals surface area (Å²) in [6.45, 7) is 0.0279. The lowest BCUT2D eigenvalue weighted by Crippen LogP contribution is -2.30. The van der Waals surface area contributed by atoms with Gasteiger partial charge in [-0.15, -0.1) is 0 Å². The van der Waals surface area contributed by atoms with Gasteiger partial charge < -0.3 is 14.8 Å². The Morgan fingerprint density at radius 1 is 1.61 bits per heavy atom. The molecule has 1 rings (SSSR count). The highest BCUT2D eigenvalue weighted by Gasteiger charge is 2.17. The molecule has 1 unspecified atom stereocenters. The van der Waals surface area contributed by atoms with Crippen LogP contribution in [0.3, 0.4) is 0 Å². The summed E-state index contributed by atoms with van der Waals surface area (Å²) in [5.74, 6) is 0.482. The van der Waals surface area contributed by atoms with Crippen LogP contribution in [-0.2, 0) is 0 Å². The molecule has 0 aliphatic heterocycles. The molecule has 1 aromatic rings. The Morgan fingerprint density at radius 2 is 2.33 bits per heavy atom. The van der Waals surface area contributed by atoms with Crippen LogP contribution in [0.5, 0.6) is 11.5 Å². The van der Waals surface area contributed by atoms with Crippen LogP contribution in [0, 0.1) is 21.4 Å². The second-order valence-corrected chi connectivity index (χ2v) is 3.37. The van der Waals surface area contributed by atoms with Crippen molar-refractivity contribution in [2.75, 3.05) is 20.8 Å². The van der Waals surface area contributed by atoms with Crippen LogP contribution in [0.4, 0.5) is 5.69 Å². The maximum Gasteiger partial charge on any atom is 0.314 e. The summed E-state index contributed by atoms with van der Waals surface area (Å²) < 4.78 is 10.2. The fourth-order valence-electron chi connectivity index (χ4n) is 1.25. The van der Waals surface area contributed by atoms with Gasteiger partial charge in [0.2, 0.25) is 0 Å². The summed E-state index contributed by atoms with van der Waals surface area (Å²) in [5.41, 5.74) is -0.192. The van der Waals surface area contributed by atoms with Crippen LogP contribution in [0.1, 0.15) is 0 Å². The number of nitriles is 1. The fraction of sp³-hybridized carbons (Fsp3) is 0.364. The van der Waals surface area contributed by atoms with Crippen LogP contribution in [-0.4, -0.2) is 31.7 Å². The summed E-state index contributed by atoms with van der Waals surface area (Å²) in [4.78, 5) is 10.3. The van der Waals surface area contributed by atoms with E-state index < -0.39 is 11.0 Å². The predicted octanol–water partition coefficient (Wildman–Crippen LogP) is 1.09. The maximum atomic E-state index is 10.9.